The molecule has 7 heteroatoms. The quantitative estimate of drug-likeness (QED) is 0.737. The largest absolute Gasteiger partial charge is 0.496 e. The highest BCUT2D eigenvalue weighted by Crippen LogP contribution is 2.26. The second-order valence-corrected chi connectivity index (χ2v) is 9.76. The Morgan fingerprint density at radius 3 is 2.75 bits per heavy atom. The van der Waals surface area contributed by atoms with Crippen LogP contribution >= 0.6 is 22.9 Å². The fraction of sp³-hybridized carbons (Fsp3) is 0.524. The van der Waals surface area contributed by atoms with Gasteiger partial charge in [0.05, 0.1) is 12.7 Å². The summed E-state index contributed by atoms with van der Waals surface area (Å²) < 4.78 is 7.45. The molecule has 0 radical (unpaired) electrons. The Hall–Kier alpha value is -1.63. The molecular formula is C21H28ClN3O2S. The van der Waals surface area contributed by atoms with Crippen LogP contribution < -0.4 is 9.54 Å². The molecule has 1 amide bonds. The molecule has 0 saturated carbocycles. The molecule has 5 nitrogen and oxygen atoms in total. The number of halogens is 1. The molecule has 0 spiro atoms. The van der Waals surface area contributed by atoms with Crippen molar-refractivity contribution in [2.75, 3.05) is 20.7 Å². The fourth-order valence-corrected chi connectivity index (χ4v) is 4.60. The van der Waals surface area contributed by atoms with E-state index in [1.54, 1.807) is 36.6 Å². The molecule has 28 heavy (non-hydrogen) atoms. The van der Waals surface area contributed by atoms with Gasteiger partial charge in [0, 0.05) is 28.7 Å². The van der Waals surface area contributed by atoms with Gasteiger partial charge in [0.25, 0.3) is 5.91 Å². The second kappa shape index (κ2) is 8.39. The molecule has 3 rings (SSSR count). The van der Waals surface area contributed by atoms with E-state index >= 15 is 0 Å². The number of methoxy groups -OCH3 is 1. The van der Waals surface area contributed by atoms with E-state index in [-0.39, 0.29) is 11.3 Å². The first-order valence-electron chi connectivity index (χ1n) is 9.52. The number of likely N-dealkylation sites (N-methyl/N-ethyl adjacent to an activating group) is 1. The second-order valence-electron chi connectivity index (χ2n) is 8.32. The van der Waals surface area contributed by atoms with Gasteiger partial charge in [-0.3, -0.25) is 4.79 Å². The number of benzene rings is 1. The average Bonchev–Trinajstić information content (AvgIpc) is 3.22. The summed E-state index contributed by atoms with van der Waals surface area (Å²) in [5.41, 5.74) is 0.378. The van der Waals surface area contributed by atoms with Crippen molar-refractivity contribution < 1.29 is 9.53 Å². The minimum atomic E-state index is -0.338. The fourth-order valence-electron chi connectivity index (χ4n) is 3.38. The Bertz CT molecular complexity index is 926. The number of rotatable bonds is 4. The Morgan fingerprint density at radius 2 is 2.14 bits per heavy atom. The van der Waals surface area contributed by atoms with Gasteiger partial charge in [0.1, 0.15) is 5.75 Å². The van der Waals surface area contributed by atoms with Crippen LogP contribution in [0.5, 0.6) is 5.75 Å². The van der Waals surface area contributed by atoms with Gasteiger partial charge in [0.15, 0.2) is 4.80 Å². The molecule has 1 aliphatic rings. The molecular weight excluding hydrogens is 394 g/mol. The van der Waals surface area contributed by atoms with Crippen molar-refractivity contribution in [3.63, 3.8) is 0 Å². The van der Waals surface area contributed by atoms with Crippen LogP contribution in [0.4, 0.5) is 0 Å². The third-order valence-corrected chi connectivity index (χ3v) is 6.81. The zero-order valence-corrected chi connectivity index (χ0v) is 18.7. The maximum Gasteiger partial charge on any atom is 0.283 e. The van der Waals surface area contributed by atoms with Gasteiger partial charge in [-0.15, -0.1) is 11.3 Å². The third kappa shape index (κ3) is 4.67. The van der Waals surface area contributed by atoms with E-state index in [2.05, 4.69) is 48.5 Å². The van der Waals surface area contributed by atoms with Crippen molar-refractivity contribution in [2.45, 2.75) is 51.6 Å². The molecule has 1 atom stereocenters. The molecule has 1 fully saturated rings. The van der Waals surface area contributed by atoms with Gasteiger partial charge < -0.3 is 14.2 Å². The van der Waals surface area contributed by atoms with Gasteiger partial charge in [-0.05, 0) is 50.0 Å². The maximum atomic E-state index is 12.9. The topological polar surface area (TPSA) is 46.8 Å². The van der Waals surface area contributed by atoms with Gasteiger partial charge in [0.2, 0.25) is 0 Å². The number of ether oxygens (including phenoxy) is 1. The molecule has 0 aliphatic carbocycles. The van der Waals surface area contributed by atoms with E-state index in [0.29, 0.717) is 22.4 Å². The minimum Gasteiger partial charge on any atom is -0.496 e. The highest BCUT2D eigenvalue weighted by atomic mass is 35.5. The first kappa shape index (κ1) is 21.1. The summed E-state index contributed by atoms with van der Waals surface area (Å²) in [6.07, 6.45) is 4.53. The van der Waals surface area contributed by atoms with Gasteiger partial charge >= 0.3 is 0 Å². The van der Waals surface area contributed by atoms with Crippen LogP contribution in [0.25, 0.3) is 0 Å². The zero-order valence-electron chi connectivity index (χ0n) is 17.2. The lowest BCUT2D eigenvalue weighted by atomic mass is 9.95. The lowest BCUT2D eigenvalue weighted by Gasteiger charge is -2.20. The molecule has 0 N–H and O–H groups in total. The minimum absolute atomic E-state index is 0.00143. The summed E-state index contributed by atoms with van der Waals surface area (Å²) in [5, 5.41) is 0.487. The first-order chi connectivity index (χ1) is 13.2. The number of hydrogen-bond donors (Lipinski definition) is 0. The molecule has 0 bridgehead atoms. The van der Waals surface area contributed by atoms with Crippen molar-refractivity contribution in [3.8, 4) is 5.75 Å². The van der Waals surface area contributed by atoms with E-state index in [1.807, 2.05) is 0 Å². The van der Waals surface area contributed by atoms with Crippen LogP contribution in [0.3, 0.4) is 0 Å². The Labute approximate surface area is 175 Å². The molecule has 1 saturated heterocycles. The summed E-state index contributed by atoms with van der Waals surface area (Å²) in [7, 11) is 3.70. The number of thiazole rings is 1. The van der Waals surface area contributed by atoms with E-state index in [9.17, 15) is 4.79 Å². The summed E-state index contributed by atoms with van der Waals surface area (Å²) in [4.78, 5) is 21.7. The first-order valence-corrected chi connectivity index (χ1v) is 10.7. The third-order valence-electron chi connectivity index (χ3n) is 5.13. The Balaban J connectivity index is 2.02. The van der Waals surface area contributed by atoms with Crippen LogP contribution in [0, 0.1) is 0 Å². The number of nitrogens with zero attached hydrogens (tertiary/aromatic N) is 3. The summed E-state index contributed by atoms with van der Waals surface area (Å²) >= 11 is 7.66. The number of aromatic nitrogens is 1. The highest BCUT2D eigenvalue weighted by molar-refractivity contribution is 7.09. The van der Waals surface area contributed by atoms with Crippen molar-refractivity contribution in [1.82, 2.24) is 9.47 Å². The molecule has 1 aromatic heterocycles. The number of carbonyl (C=O) groups is 1. The van der Waals surface area contributed by atoms with Gasteiger partial charge in [-0.1, -0.05) is 32.4 Å². The predicted molar refractivity (Wildman–Crippen MR) is 115 cm³/mol. The van der Waals surface area contributed by atoms with E-state index in [0.717, 1.165) is 17.9 Å². The predicted octanol–water partition coefficient (Wildman–Crippen LogP) is 4.34. The highest BCUT2D eigenvalue weighted by Gasteiger charge is 2.24. The standard InChI is InChI=1S/C21H28ClN3O2S/c1-21(2,3)18-13-25(12-15-7-6-10-24(15)4)20(28-18)23-19(26)16-11-14(22)8-9-17(16)27-5/h8-9,11,13,15H,6-7,10,12H2,1-5H3/t15-/m0/s1. The van der Waals surface area contributed by atoms with E-state index in [1.165, 1.54) is 17.7 Å². The Kier molecular flexibility index (Phi) is 6.32. The summed E-state index contributed by atoms with van der Waals surface area (Å²) in [5.74, 6) is 0.142. The van der Waals surface area contributed by atoms with Crippen molar-refractivity contribution in [1.29, 1.82) is 0 Å². The smallest absolute Gasteiger partial charge is 0.283 e. The number of amides is 1. The molecule has 152 valence electrons. The molecule has 2 heterocycles. The van der Waals surface area contributed by atoms with E-state index < -0.39 is 0 Å². The summed E-state index contributed by atoms with van der Waals surface area (Å²) in [6.45, 7) is 8.48. The van der Waals surface area contributed by atoms with Crippen molar-refractivity contribution in [2.24, 2.45) is 4.99 Å². The van der Waals surface area contributed by atoms with Crippen molar-refractivity contribution in [3.05, 3.63) is 44.7 Å². The number of carbonyl (C=O) groups excluding carboxylic acids is 1. The van der Waals surface area contributed by atoms with Gasteiger partial charge in [-0.2, -0.15) is 4.99 Å². The SMILES string of the molecule is COc1ccc(Cl)cc1C(=O)N=c1sc(C(C)(C)C)cn1C[C@@H]1CCCN1C. The zero-order chi connectivity index (χ0) is 20.5. The van der Waals surface area contributed by atoms with Crippen molar-refractivity contribution >= 4 is 28.8 Å². The van der Waals surface area contributed by atoms with Gasteiger partial charge in [-0.25, -0.2) is 0 Å². The lowest BCUT2D eigenvalue weighted by molar-refractivity contribution is 0.0994. The maximum absolute atomic E-state index is 12.9. The monoisotopic (exact) mass is 421 g/mol. The van der Waals surface area contributed by atoms with Crippen LogP contribution in [0.2, 0.25) is 5.02 Å². The number of likely N-dealkylation sites (tertiary alicyclic amines) is 1. The van der Waals surface area contributed by atoms with E-state index in [4.69, 9.17) is 16.3 Å². The molecule has 1 aliphatic heterocycles. The number of hydrogen-bond acceptors (Lipinski definition) is 4. The molecule has 0 unspecified atom stereocenters. The average molecular weight is 422 g/mol. The van der Waals surface area contributed by atoms with Crippen LogP contribution in [-0.2, 0) is 12.0 Å². The molecule has 1 aromatic carbocycles. The lowest BCUT2D eigenvalue weighted by Crippen LogP contribution is -2.32. The molecule has 2 aromatic rings. The normalized spacial score (nSPS) is 18.6. The van der Waals surface area contributed by atoms with Crippen LogP contribution in [0.1, 0.15) is 48.8 Å². The summed E-state index contributed by atoms with van der Waals surface area (Å²) in [6, 6.07) is 5.48. The van der Waals surface area contributed by atoms with Crippen LogP contribution in [-0.4, -0.2) is 42.1 Å². The van der Waals surface area contributed by atoms with Crippen LogP contribution in [0.15, 0.2) is 29.4 Å². The Morgan fingerprint density at radius 1 is 1.39 bits per heavy atom.